The molecule has 0 radical (unpaired) electrons. The van der Waals surface area contributed by atoms with Gasteiger partial charge in [-0.1, -0.05) is 35.3 Å². The molecule has 0 saturated heterocycles. The zero-order chi connectivity index (χ0) is 36.9. The number of carbonyl (C=O) groups excluding carboxylic acids is 2. The first kappa shape index (κ1) is 37.1. The van der Waals surface area contributed by atoms with E-state index in [1.807, 2.05) is 16.8 Å². The van der Waals surface area contributed by atoms with E-state index in [0.29, 0.717) is 41.6 Å². The Morgan fingerprint density at radius 1 is 0.804 bits per heavy atom. The van der Waals surface area contributed by atoms with Crippen molar-refractivity contribution in [3.05, 3.63) is 100 Å². The standard InChI is InChI=1S/C34H28Cl2F6N6O3/c1-51-22-6-4-5-19(15-22)23-18-48(14-3-2-12-44-31(49)45-20-7-9-26(35)24(16-20)33(37,38)39)28-11-13-43-30(29(23)28)47-32(50)46-21-8-10-27(36)25(17-21)34(40,41)42/h4-11,13,15-18H,2-3,12,14H2,1H3,(H2,44,45,49)(H2,43,46,47,50). The Morgan fingerprint density at radius 2 is 1.43 bits per heavy atom. The fourth-order valence-corrected chi connectivity index (χ4v) is 5.68. The summed E-state index contributed by atoms with van der Waals surface area (Å²) in [5.41, 5.74) is -0.283. The number of pyridine rings is 1. The topological polar surface area (TPSA) is 109 Å². The molecule has 2 heterocycles. The van der Waals surface area contributed by atoms with Crippen LogP contribution in [0.5, 0.6) is 5.75 Å². The third-order valence-corrected chi connectivity index (χ3v) is 8.24. The molecule has 0 fully saturated rings. The van der Waals surface area contributed by atoms with Crippen LogP contribution in [0.3, 0.4) is 0 Å². The number of carbonyl (C=O) groups is 2. The lowest BCUT2D eigenvalue weighted by Gasteiger charge is -2.13. The quantitative estimate of drug-likeness (QED) is 0.0841. The molecule has 5 aromatic rings. The van der Waals surface area contributed by atoms with Gasteiger partial charge in [0.1, 0.15) is 11.6 Å². The number of aromatic nitrogens is 2. The summed E-state index contributed by atoms with van der Waals surface area (Å²) >= 11 is 11.3. The van der Waals surface area contributed by atoms with Crippen molar-refractivity contribution in [3.63, 3.8) is 0 Å². The molecule has 0 saturated carbocycles. The summed E-state index contributed by atoms with van der Waals surface area (Å²) in [6.45, 7) is 0.666. The molecule has 2 aromatic heterocycles. The van der Waals surface area contributed by atoms with E-state index in [9.17, 15) is 35.9 Å². The van der Waals surface area contributed by atoms with Crippen molar-refractivity contribution in [2.24, 2.45) is 0 Å². The number of alkyl halides is 6. The lowest BCUT2D eigenvalue weighted by molar-refractivity contribution is -0.138. The molecule has 4 amide bonds. The Labute approximate surface area is 296 Å². The van der Waals surface area contributed by atoms with Gasteiger partial charge in [0, 0.05) is 42.4 Å². The van der Waals surface area contributed by atoms with Gasteiger partial charge in [-0.15, -0.1) is 0 Å². The number of methoxy groups -OCH3 is 1. The molecule has 51 heavy (non-hydrogen) atoms. The third-order valence-electron chi connectivity index (χ3n) is 7.58. The number of fused-ring (bicyclic) bond motifs is 1. The summed E-state index contributed by atoms with van der Waals surface area (Å²) in [6.07, 6.45) is -5.02. The van der Waals surface area contributed by atoms with Gasteiger partial charge in [-0.3, -0.25) is 5.32 Å². The van der Waals surface area contributed by atoms with Crippen LogP contribution >= 0.6 is 23.2 Å². The Morgan fingerprint density at radius 3 is 2.04 bits per heavy atom. The van der Waals surface area contributed by atoms with Crippen LogP contribution in [-0.4, -0.2) is 35.3 Å². The van der Waals surface area contributed by atoms with E-state index in [1.165, 1.54) is 25.4 Å². The summed E-state index contributed by atoms with van der Waals surface area (Å²) in [5.74, 6) is 0.714. The molecule has 17 heteroatoms. The molecule has 268 valence electrons. The van der Waals surface area contributed by atoms with E-state index < -0.39 is 45.6 Å². The van der Waals surface area contributed by atoms with Crippen LogP contribution in [0, 0.1) is 0 Å². The number of hydrogen-bond acceptors (Lipinski definition) is 4. The highest BCUT2D eigenvalue weighted by atomic mass is 35.5. The highest BCUT2D eigenvalue weighted by Crippen LogP contribution is 2.39. The van der Waals surface area contributed by atoms with Crippen LogP contribution in [0.2, 0.25) is 10.0 Å². The van der Waals surface area contributed by atoms with E-state index in [1.54, 1.807) is 24.3 Å². The minimum atomic E-state index is -4.73. The van der Waals surface area contributed by atoms with Crippen molar-refractivity contribution in [1.82, 2.24) is 14.9 Å². The number of nitrogens with zero attached hydrogens (tertiary/aromatic N) is 2. The van der Waals surface area contributed by atoms with Gasteiger partial charge in [-0.05, 0) is 73.0 Å². The fourth-order valence-electron chi connectivity index (χ4n) is 5.23. The highest BCUT2D eigenvalue weighted by Gasteiger charge is 2.34. The molecule has 0 aliphatic carbocycles. The largest absolute Gasteiger partial charge is 0.497 e. The lowest BCUT2D eigenvalue weighted by atomic mass is 10.0. The predicted octanol–water partition coefficient (Wildman–Crippen LogP) is 10.3. The zero-order valence-corrected chi connectivity index (χ0v) is 28.0. The van der Waals surface area contributed by atoms with Crippen molar-refractivity contribution in [1.29, 1.82) is 0 Å². The molecule has 4 N–H and O–H groups in total. The second-order valence-electron chi connectivity index (χ2n) is 11.1. The smallest absolute Gasteiger partial charge is 0.417 e. The van der Waals surface area contributed by atoms with Crippen molar-refractivity contribution in [3.8, 4) is 16.9 Å². The maximum Gasteiger partial charge on any atom is 0.417 e. The van der Waals surface area contributed by atoms with E-state index in [-0.39, 0.29) is 23.7 Å². The fraction of sp³-hybridized carbons (Fsp3) is 0.206. The molecule has 0 spiro atoms. The molecule has 3 aromatic carbocycles. The van der Waals surface area contributed by atoms with Gasteiger partial charge in [0.15, 0.2) is 0 Å². The Balaban J connectivity index is 1.30. The van der Waals surface area contributed by atoms with Crippen LogP contribution in [0.15, 0.2) is 79.1 Å². The Kier molecular flexibility index (Phi) is 11.2. The summed E-state index contributed by atoms with van der Waals surface area (Å²) in [5, 5.41) is 9.57. The Bertz CT molecular complexity index is 2070. The number of aryl methyl sites for hydroxylation is 1. The van der Waals surface area contributed by atoms with Crippen molar-refractivity contribution < 1.29 is 40.7 Å². The maximum atomic E-state index is 13.4. The first-order chi connectivity index (χ1) is 24.1. The number of benzene rings is 3. The minimum absolute atomic E-state index is 0.0703. The molecular weight excluding hydrogens is 725 g/mol. The molecule has 0 bridgehead atoms. The second-order valence-corrected chi connectivity index (χ2v) is 11.9. The molecule has 5 rings (SSSR count). The van der Waals surface area contributed by atoms with Gasteiger partial charge >= 0.3 is 24.4 Å². The van der Waals surface area contributed by atoms with Gasteiger partial charge in [-0.2, -0.15) is 26.3 Å². The first-order valence-corrected chi connectivity index (χ1v) is 15.9. The molecule has 0 aliphatic heterocycles. The summed E-state index contributed by atoms with van der Waals surface area (Å²) in [6, 6.07) is 13.5. The van der Waals surface area contributed by atoms with Crippen LogP contribution in [-0.2, 0) is 18.9 Å². The van der Waals surface area contributed by atoms with Crippen molar-refractivity contribution in [2.75, 3.05) is 29.6 Å². The second kappa shape index (κ2) is 15.4. The number of urea groups is 2. The number of hydrogen-bond donors (Lipinski definition) is 4. The first-order valence-electron chi connectivity index (χ1n) is 15.1. The number of anilines is 3. The predicted molar refractivity (Wildman–Crippen MR) is 184 cm³/mol. The SMILES string of the molecule is COc1cccc(-c2cn(CCCCNC(=O)Nc3ccc(Cl)c(C(F)(F)F)c3)c3ccnc(NC(=O)Nc4ccc(Cl)c(C(F)(F)F)c4)c23)c1. The minimum Gasteiger partial charge on any atom is -0.497 e. The zero-order valence-electron chi connectivity index (χ0n) is 26.5. The van der Waals surface area contributed by atoms with Crippen LogP contribution in [0.1, 0.15) is 24.0 Å². The number of unbranched alkanes of at least 4 members (excludes halogenated alkanes) is 1. The Hall–Kier alpha value is -5.15. The monoisotopic (exact) mass is 752 g/mol. The molecule has 0 aliphatic rings. The average Bonchev–Trinajstić information content (AvgIpc) is 3.45. The summed E-state index contributed by atoms with van der Waals surface area (Å²) < 4.78 is 86.9. The normalized spacial score (nSPS) is 11.7. The van der Waals surface area contributed by atoms with Crippen molar-refractivity contribution in [2.45, 2.75) is 31.7 Å². The maximum absolute atomic E-state index is 13.4. The average molecular weight is 754 g/mol. The molecule has 0 atom stereocenters. The van der Waals surface area contributed by atoms with Crippen LogP contribution in [0.4, 0.5) is 53.1 Å². The number of rotatable bonds is 10. The van der Waals surface area contributed by atoms with E-state index in [0.717, 1.165) is 29.8 Å². The van der Waals surface area contributed by atoms with Gasteiger partial charge in [-0.25, -0.2) is 14.6 Å². The van der Waals surface area contributed by atoms with Gasteiger partial charge in [0.05, 0.1) is 39.2 Å². The van der Waals surface area contributed by atoms with Crippen LogP contribution < -0.4 is 26.0 Å². The van der Waals surface area contributed by atoms with Crippen molar-refractivity contribution >= 4 is 63.4 Å². The van der Waals surface area contributed by atoms with Crippen LogP contribution in [0.25, 0.3) is 22.0 Å². The molecular formula is C34H28Cl2F6N6O3. The third kappa shape index (κ3) is 9.15. The van der Waals surface area contributed by atoms with Gasteiger partial charge in [0.25, 0.3) is 0 Å². The molecule has 0 unspecified atom stereocenters. The number of amides is 4. The number of ether oxygens (including phenoxy) is 1. The summed E-state index contributed by atoms with van der Waals surface area (Å²) in [7, 11) is 1.52. The lowest BCUT2D eigenvalue weighted by Crippen LogP contribution is -2.29. The van der Waals surface area contributed by atoms with E-state index >= 15 is 0 Å². The van der Waals surface area contributed by atoms with Gasteiger partial charge < -0.3 is 25.3 Å². The number of nitrogens with one attached hydrogen (secondary N) is 4. The van der Waals surface area contributed by atoms with E-state index in [4.69, 9.17) is 27.9 Å². The summed E-state index contributed by atoms with van der Waals surface area (Å²) in [4.78, 5) is 29.7. The molecule has 9 nitrogen and oxygen atoms in total. The van der Waals surface area contributed by atoms with Gasteiger partial charge in [0.2, 0.25) is 0 Å². The highest BCUT2D eigenvalue weighted by molar-refractivity contribution is 6.32. The van der Waals surface area contributed by atoms with E-state index in [2.05, 4.69) is 26.3 Å². The number of halogens is 8.